The van der Waals surface area contributed by atoms with Gasteiger partial charge < -0.3 is 18.7 Å². The van der Waals surface area contributed by atoms with E-state index in [1.165, 1.54) is 6.07 Å². The van der Waals surface area contributed by atoms with E-state index in [4.69, 9.17) is 18.7 Å². The number of benzene rings is 1. The molecule has 0 aliphatic heterocycles. The fraction of sp³-hybridized carbons (Fsp3) is 0.286. The summed E-state index contributed by atoms with van der Waals surface area (Å²) in [6.07, 6.45) is 0. The highest BCUT2D eigenvalue weighted by Crippen LogP contribution is 2.32. The number of rotatable bonds is 5. The molecule has 2 aromatic rings. The molecule has 0 fully saturated rings. The molecule has 106 valence electrons. The summed E-state index contributed by atoms with van der Waals surface area (Å²) in [5.74, 6) is 0.756. The molecule has 0 atom stereocenters. The summed E-state index contributed by atoms with van der Waals surface area (Å²) >= 11 is 0. The van der Waals surface area contributed by atoms with E-state index in [2.05, 4.69) is 5.16 Å². The van der Waals surface area contributed by atoms with Crippen molar-refractivity contribution in [2.75, 3.05) is 20.8 Å². The van der Waals surface area contributed by atoms with E-state index < -0.39 is 5.97 Å². The summed E-state index contributed by atoms with van der Waals surface area (Å²) in [4.78, 5) is 11.5. The first kappa shape index (κ1) is 13.9. The lowest BCUT2D eigenvalue weighted by Gasteiger charge is -2.07. The molecule has 2 rings (SSSR count). The van der Waals surface area contributed by atoms with Crippen LogP contribution < -0.4 is 9.47 Å². The van der Waals surface area contributed by atoms with Crippen molar-refractivity contribution in [3.63, 3.8) is 0 Å². The molecule has 0 saturated carbocycles. The van der Waals surface area contributed by atoms with E-state index in [0.29, 0.717) is 22.8 Å². The molecule has 0 N–H and O–H groups in total. The minimum Gasteiger partial charge on any atom is -0.497 e. The number of nitrogens with zero attached hydrogens (tertiary/aromatic N) is 1. The number of hydrogen-bond donors (Lipinski definition) is 0. The zero-order valence-corrected chi connectivity index (χ0v) is 11.5. The lowest BCUT2D eigenvalue weighted by Crippen LogP contribution is -2.02. The fourth-order valence-electron chi connectivity index (χ4n) is 1.71. The van der Waals surface area contributed by atoms with Crippen LogP contribution in [-0.4, -0.2) is 32.0 Å². The van der Waals surface area contributed by atoms with Gasteiger partial charge in [0.2, 0.25) is 5.76 Å². The first-order valence-electron chi connectivity index (χ1n) is 6.05. The van der Waals surface area contributed by atoms with Gasteiger partial charge in [-0.3, -0.25) is 0 Å². The van der Waals surface area contributed by atoms with E-state index in [9.17, 15) is 4.79 Å². The number of esters is 1. The lowest BCUT2D eigenvalue weighted by atomic mass is 10.1. The normalized spacial score (nSPS) is 10.2. The molecule has 0 unspecified atom stereocenters. The third kappa shape index (κ3) is 2.74. The van der Waals surface area contributed by atoms with Crippen LogP contribution in [0.25, 0.3) is 11.3 Å². The summed E-state index contributed by atoms with van der Waals surface area (Å²) in [7, 11) is 3.12. The van der Waals surface area contributed by atoms with E-state index >= 15 is 0 Å². The molecule has 0 aliphatic carbocycles. The van der Waals surface area contributed by atoms with Crippen molar-refractivity contribution in [1.82, 2.24) is 5.16 Å². The second-order valence-electron chi connectivity index (χ2n) is 3.86. The maximum absolute atomic E-state index is 11.5. The van der Waals surface area contributed by atoms with Gasteiger partial charge in [0.1, 0.15) is 17.2 Å². The predicted octanol–water partition coefficient (Wildman–Crippen LogP) is 2.54. The Morgan fingerprint density at radius 3 is 2.70 bits per heavy atom. The van der Waals surface area contributed by atoms with Gasteiger partial charge in [-0.25, -0.2) is 4.79 Å². The molecule has 6 nitrogen and oxygen atoms in total. The van der Waals surface area contributed by atoms with Gasteiger partial charge in [0.25, 0.3) is 0 Å². The molecule has 1 aromatic carbocycles. The summed E-state index contributed by atoms with van der Waals surface area (Å²) in [6, 6.07) is 6.80. The van der Waals surface area contributed by atoms with Gasteiger partial charge in [0.15, 0.2) is 0 Å². The van der Waals surface area contributed by atoms with Crippen molar-refractivity contribution in [3.8, 4) is 22.8 Å². The van der Waals surface area contributed by atoms with Crippen molar-refractivity contribution in [1.29, 1.82) is 0 Å². The molecule has 1 aromatic heterocycles. The molecule has 0 aliphatic rings. The molecule has 0 radical (unpaired) electrons. The number of hydrogen-bond acceptors (Lipinski definition) is 6. The standard InChI is InChI=1S/C14H15NO5/c1-4-19-14(16)13-8-11(15-20-13)10-6-5-9(17-2)7-12(10)18-3/h5-8H,4H2,1-3H3. The predicted molar refractivity (Wildman–Crippen MR) is 71.0 cm³/mol. The van der Waals surface area contributed by atoms with Crippen LogP contribution in [0.5, 0.6) is 11.5 Å². The smallest absolute Gasteiger partial charge is 0.377 e. The Kier molecular flexibility index (Phi) is 4.24. The largest absolute Gasteiger partial charge is 0.497 e. The van der Waals surface area contributed by atoms with Crippen molar-refractivity contribution in [2.24, 2.45) is 0 Å². The van der Waals surface area contributed by atoms with Gasteiger partial charge in [0, 0.05) is 17.7 Å². The topological polar surface area (TPSA) is 70.8 Å². The molecule has 0 spiro atoms. The highest BCUT2D eigenvalue weighted by molar-refractivity contribution is 5.87. The first-order valence-corrected chi connectivity index (χ1v) is 6.05. The molecule has 20 heavy (non-hydrogen) atoms. The second-order valence-corrected chi connectivity index (χ2v) is 3.86. The van der Waals surface area contributed by atoms with Crippen LogP contribution in [0, 0.1) is 0 Å². The average Bonchev–Trinajstić information content (AvgIpc) is 2.96. The lowest BCUT2D eigenvalue weighted by molar-refractivity contribution is 0.0480. The van der Waals surface area contributed by atoms with Crippen LogP contribution in [0.1, 0.15) is 17.5 Å². The minimum atomic E-state index is -0.543. The Bertz CT molecular complexity index is 605. The van der Waals surface area contributed by atoms with Gasteiger partial charge in [-0.2, -0.15) is 0 Å². The van der Waals surface area contributed by atoms with Crippen molar-refractivity contribution in [3.05, 3.63) is 30.0 Å². The van der Waals surface area contributed by atoms with E-state index in [1.807, 2.05) is 0 Å². The number of aromatic nitrogens is 1. The number of carbonyl (C=O) groups is 1. The van der Waals surface area contributed by atoms with Crippen LogP contribution in [0.3, 0.4) is 0 Å². The van der Waals surface area contributed by atoms with Gasteiger partial charge in [0.05, 0.1) is 20.8 Å². The van der Waals surface area contributed by atoms with Crippen LogP contribution in [0.2, 0.25) is 0 Å². The Balaban J connectivity index is 2.34. The maximum Gasteiger partial charge on any atom is 0.377 e. The maximum atomic E-state index is 11.5. The van der Waals surface area contributed by atoms with Gasteiger partial charge >= 0.3 is 5.97 Å². The van der Waals surface area contributed by atoms with Crippen LogP contribution in [-0.2, 0) is 4.74 Å². The molecule has 0 amide bonds. The van der Waals surface area contributed by atoms with Gasteiger partial charge in [-0.05, 0) is 19.1 Å². The molecule has 1 heterocycles. The van der Waals surface area contributed by atoms with E-state index in [1.54, 1.807) is 39.3 Å². The van der Waals surface area contributed by atoms with E-state index in [-0.39, 0.29) is 12.4 Å². The zero-order chi connectivity index (χ0) is 14.5. The van der Waals surface area contributed by atoms with Crippen LogP contribution in [0.4, 0.5) is 0 Å². The van der Waals surface area contributed by atoms with Crippen LogP contribution >= 0.6 is 0 Å². The average molecular weight is 277 g/mol. The van der Waals surface area contributed by atoms with Crippen molar-refractivity contribution < 1.29 is 23.5 Å². The fourth-order valence-corrected chi connectivity index (χ4v) is 1.71. The van der Waals surface area contributed by atoms with Crippen LogP contribution in [0.15, 0.2) is 28.8 Å². The summed E-state index contributed by atoms with van der Waals surface area (Å²) in [5.41, 5.74) is 1.19. The number of ether oxygens (including phenoxy) is 3. The molecular formula is C14H15NO5. The van der Waals surface area contributed by atoms with E-state index in [0.717, 1.165) is 0 Å². The molecular weight excluding hydrogens is 262 g/mol. The highest BCUT2D eigenvalue weighted by atomic mass is 16.6. The number of methoxy groups -OCH3 is 2. The van der Waals surface area contributed by atoms with Gasteiger partial charge in [-0.1, -0.05) is 5.16 Å². The molecule has 6 heteroatoms. The Labute approximate surface area is 116 Å². The molecule has 0 saturated heterocycles. The van der Waals surface area contributed by atoms with Gasteiger partial charge in [-0.15, -0.1) is 0 Å². The third-order valence-corrected chi connectivity index (χ3v) is 2.67. The molecule has 0 bridgehead atoms. The Morgan fingerprint density at radius 2 is 2.05 bits per heavy atom. The Hall–Kier alpha value is -2.50. The Morgan fingerprint density at radius 1 is 1.25 bits per heavy atom. The quantitative estimate of drug-likeness (QED) is 0.782. The zero-order valence-electron chi connectivity index (χ0n) is 11.5. The highest BCUT2D eigenvalue weighted by Gasteiger charge is 2.17. The third-order valence-electron chi connectivity index (χ3n) is 2.67. The monoisotopic (exact) mass is 277 g/mol. The van der Waals surface area contributed by atoms with Crippen molar-refractivity contribution in [2.45, 2.75) is 6.92 Å². The SMILES string of the molecule is CCOC(=O)c1cc(-c2ccc(OC)cc2OC)no1. The summed E-state index contributed by atoms with van der Waals surface area (Å²) < 4.78 is 20.2. The summed E-state index contributed by atoms with van der Waals surface area (Å²) in [5, 5.41) is 3.86. The minimum absolute atomic E-state index is 0.0553. The first-order chi connectivity index (χ1) is 9.69. The van der Waals surface area contributed by atoms with Crippen molar-refractivity contribution >= 4 is 5.97 Å². The summed E-state index contributed by atoms with van der Waals surface area (Å²) in [6.45, 7) is 2.00. The number of carbonyl (C=O) groups excluding carboxylic acids is 1. The second kappa shape index (κ2) is 6.10.